The van der Waals surface area contributed by atoms with E-state index >= 15 is 0 Å². The Morgan fingerprint density at radius 2 is 2.10 bits per heavy atom. The topological polar surface area (TPSA) is 80.7 Å². The molecular formula is C32H36FN5O3. The number of aryl methyl sites for hydroxylation is 1. The molecule has 8 rings (SSSR count). The first-order valence-corrected chi connectivity index (χ1v) is 15.2. The van der Waals surface area contributed by atoms with Crippen molar-refractivity contribution in [2.75, 3.05) is 37.7 Å². The molecule has 1 unspecified atom stereocenters. The number of benzene rings is 1. The lowest BCUT2D eigenvalue weighted by Crippen LogP contribution is -2.56. The summed E-state index contributed by atoms with van der Waals surface area (Å²) in [6, 6.07) is 9.00. The first-order chi connectivity index (χ1) is 20.0. The number of pyridine rings is 1. The van der Waals surface area contributed by atoms with Crippen LogP contribution in [0.25, 0.3) is 22.2 Å². The van der Waals surface area contributed by atoms with Crippen LogP contribution in [-0.4, -0.2) is 76.4 Å². The summed E-state index contributed by atoms with van der Waals surface area (Å²) in [6.45, 7) is 5.35. The predicted molar refractivity (Wildman–Crippen MR) is 153 cm³/mol. The number of fused-ring (bicyclic) bond motifs is 4. The number of anilines is 1. The molecule has 4 aliphatic heterocycles. The Bertz CT molecular complexity index is 1530. The Kier molecular flexibility index (Phi) is 5.95. The Morgan fingerprint density at radius 3 is 2.98 bits per heavy atom. The molecule has 6 heterocycles. The van der Waals surface area contributed by atoms with Crippen molar-refractivity contribution >= 4 is 22.8 Å². The molecule has 0 bridgehead atoms. The molecule has 4 saturated heterocycles. The van der Waals surface area contributed by atoms with Crippen LogP contribution in [0.4, 0.5) is 10.2 Å². The van der Waals surface area contributed by atoms with E-state index in [1.807, 2.05) is 6.20 Å². The quantitative estimate of drug-likeness (QED) is 0.413. The highest BCUT2D eigenvalue weighted by molar-refractivity contribution is 5.90. The molecule has 1 aromatic carbocycles. The van der Waals surface area contributed by atoms with Gasteiger partial charge in [0.05, 0.1) is 23.5 Å². The van der Waals surface area contributed by atoms with Gasteiger partial charge in [0.1, 0.15) is 24.4 Å². The summed E-state index contributed by atoms with van der Waals surface area (Å²) in [6.07, 6.45) is 7.74. The van der Waals surface area contributed by atoms with E-state index in [1.165, 1.54) is 29.5 Å². The van der Waals surface area contributed by atoms with Crippen LogP contribution >= 0.6 is 0 Å². The molecular weight excluding hydrogens is 521 g/mol. The van der Waals surface area contributed by atoms with Gasteiger partial charge in [0.25, 0.3) is 0 Å². The maximum absolute atomic E-state index is 14.4. The van der Waals surface area contributed by atoms with E-state index in [4.69, 9.17) is 24.4 Å². The molecule has 8 nitrogen and oxygen atoms in total. The molecule has 0 spiro atoms. The Labute approximate surface area is 239 Å². The fourth-order valence-corrected chi connectivity index (χ4v) is 8.13. The van der Waals surface area contributed by atoms with E-state index in [-0.39, 0.29) is 23.5 Å². The lowest BCUT2D eigenvalue weighted by Gasteiger charge is -2.43. The van der Waals surface area contributed by atoms with Gasteiger partial charge in [0, 0.05) is 31.3 Å². The normalized spacial score (nSPS) is 30.9. The van der Waals surface area contributed by atoms with Crippen molar-refractivity contribution in [3.05, 3.63) is 41.6 Å². The van der Waals surface area contributed by atoms with Gasteiger partial charge >= 0.3 is 12.0 Å². The van der Waals surface area contributed by atoms with Crippen LogP contribution in [0.2, 0.25) is 0 Å². The van der Waals surface area contributed by atoms with Crippen LogP contribution in [0.3, 0.4) is 0 Å². The van der Waals surface area contributed by atoms with E-state index < -0.39 is 6.17 Å². The van der Waals surface area contributed by atoms with Gasteiger partial charge in [-0.1, -0.05) is 25.1 Å². The molecule has 9 heteroatoms. The molecule has 2 aromatic heterocycles. The standard InChI is InChI=1S/C32H36FN5O3/c1-19-5-2-6-20-7-3-8-23(27(19)20)21-13-25-28(34-15-21)29(37-12-9-24-26(17-37)41-30(24)39)36-31(35-25)40-18-32-10-4-11-38(32)16-22(33)14-32/h3,7-8,13,15,19,22,24,26H,2,4-6,9-12,14,16-18H2,1H3/t19?,22-,24-,26+,32+/m1/s1. The molecule has 214 valence electrons. The van der Waals surface area contributed by atoms with Gasteiger partial charge in [0.15, 0.2) is 5.82 Å². The number of esters is 1. The van der Waals surface area contributed by atoms with Gasteiger partial charge in [0.2, 0.25) is 0 Å². The molecule has 41 heavy (non-hydrogen) atoms. The van der Waals surface area contributed by atoms with Gasteiger partial charge in [-0.2, -0.15) is 9.97 Å². The highest BCUT2D eigenvalue weighted by Crippen LogP contribution is 2.42. The molecule has 5 aliphatic rings. The zero-order valence-corrected chi connectivity index (χ0v) is 23.5. The van der Waals surface area contributed by atoms with Crippen LogP contribution in [0.15, 0.2) is 30.5 Å². The second-order valence-electron chi connectivity index (χ2n) is 12.8. The molecule has 0 amide bonds. The summed E-state index contributed by atoms with van der Waals surface area (Å²) in [4.78, 5) is 31.0. The fourth-order valence-electron chi connectivity index (χ4n) is 8.13. The molecule has 3 aromatic rings. The van der Waals surface area contributed by atoms with Crippen molar-refractivity contribution < 1.29 is 18.7 Å². The maximum Gasteiger partial charge on any atom is 0.319 e. The summed E-state index contributed by atoms with van der Waals surface area (Å²) in [5.41, 5.74) is 6.27. The molecule has 0 N–H and O–H groups in total. The highest BCUT2D eigenvalue weighted by atomic mass is 19.1. The van der Waals surface area contributed by atoms with Gasteiger partial charge in [-0.25, -0.2) is 4.39 Å². The summed E-state index contributed by atoms with van der Waals surface area (Å²) < 4.78 is 26.2. The number of ether oxygens (including phenoxy) is 2. The predicted octanol–water partition coefficient (Wildman–Crippen LogP) is 4.84. The van der Waals surface area contributed by atoms with Crippen LogP contribution in [0.5, 0.6) is 6.01 Å². The smallest absolute Gasteiger partial charge is 0.319 e. The SMILES string of the molecule is CC1CCCc2cccc(-c3cnc4c(N5CC[C@H]6C(=O)O[C@H]6C5)nc(OC[C@@]56CCCN5C[C@H](F)C6)nc4c3)c21. The Morgan fingerprint density at radius 1 is 1.17 bits per heavy atom. The number of rotatable bonds is 5. The van der Waals surface area contributed by atoms with Crippen molar-refractivity contribution in [3.8, 4) is 17.1 Å². The first-order valence-electron chi connectivity index (χ1n) is 15.2. The molecule has 4 fully saturated rings. The van der Waals surface area contributed by atoms with E-state index in [0.717, 1.165) is 43.3 Å². The van der Waals surface area contributed by atoms with Crippen molar-refractivity contribution in [2.24, 2.45) is 5.92 Å². The number of hydrogen-bond donors (Lipinski definition) is 0. The van der Waals surface area contributed by atoms with Crippen LogP contribution < -0.4 is 9.64 Å². The number of alkyl halides is 1. The third kappa shape index (κ3) is 4.18. The maximum atomic E-state index is 14.4. The Balaban J connectivity index is 1.18. The number of nitrogens with zero attached hydrogens (tertiary/aromatic N) is 5. The lowest BCUT2D eigenvalue weighted by molar-refractivity contribution is -0.185. The highest BCUT2D eigenvalue weighted by Gasteiger charge is 2.50. The van der Waals surface area contributed by atoms with E-state index in [1.54, 1.807) is 0 Å². The van der Waals surface area contributed by atoms with Crippen LogP contribution in [0, 0.1) is 5.92 Å². The molecule has 0 saturated carbocycles. The van der Waals surface area contributed by atoms with Crippen molar-refractivity contribution in [3.63, 3.8) is 0 Å². The van der Waals surface area contributed by atoms with Crippen LogP contribution in [-0.2, 0) is 16.0 Å². The van der Waals surface area contributed by atoms with Crippen molar-refractivity contribution in [1.29, 1.82) is 0 Å². The average Bonchev–Trinajstić information content (AvgIpc) is 3.50. The van der Waals surface area contributed by atoms with Gasteiger partial charge in [-0.05, 0) is 73.7 Å². The average molecular weight is 558 g/mol. The summed E-state index contributed by atoms with van der Waals surface area (Å²) in [5, 5.41) is 0. The lowest BCUT2D eigenvalue weighted by atomic mass is 9.80. The van der Waals surface area contributed by atoms with Gasteiger partial charge in [-0.15, -0.1) is 0 Å². The molecule has 0 radical (unpaired) electrons. The summed E-state index contributed by atoms with van der Waals surface area (Å²) in [7, 11) is 0. The molecule has 5 atom stereocenters. The second-order valence-corrected chi connectivity index (χ2v) is 12.8. The number of aromatic nitrogens is 3. The zero-order valence-electron chi connectivity index (χ0n) is 23.5. The van der Waals surface area contributed by atoms with Crippen LogP contribution in [0.1, 0.15) is 62.5 Å². The van der Waals surface area contributed by atoms with Gasteiger partial charge in [-0.3, -0.25) is 14.7 Å². The number of piperidine rings is 1. The third-order valence-electron chi connectivity index (χ3n) is 10.2. The minimum absolute atomic E-state index is 0.0238. The number of carbonyl (C=O) groups excluding carboxylic acids is 1. The Hall–Kier alpha value is -3.33. The van der Waals surface area contributed by atoms with Gasteiger partial charge < -0.3 is 14.4 Å². The van der Waals surface area contributed by atoms with E-state index in [2.05, 4.69) is 41.0 Å². The zero-order chi connectivity index (χ0) is 27.7. The van der Waals surface area contributed by atoms with E-state index in [0.29, 0.717) is 55.9 Å². The number of hydrogen-bond acceptors (Lipinski definition) is 8. The monoisotopic (exact) mass is 557 g/mol. The minimum atomic E-state index is -0.815. The van der Waals surface area contributed by atoms with Crippen molar-refractivity contribution in [2.45, 2.75) is 75.6 Å². The summed E-state index contributed by atoms with van der Waals surface area (Å²) >= 11 is 0. The minimum Gasteiger partial charge on any atom is -0.461 e. The number of carbonyl (C=O) groups is 1. The molecule has 1 aliphatic carbocycles. The van der Waals surface area contributed by atoms with E-state index in [9.17, 15) is 9.18 Å². The second kappa shape index (κ2) is 9.61. The fraction of sp³-hybridized carbons (Fsp3) is 0.562. The third-order valence-corrected chi connectivity index (χ3v) is 10.2. The van der Waals surface area contributed by atoms with Crippen molar-refractivity contribution in [1.82, 2.24) is 19.9 Å². The summed E-state index contributed by atoms with van der Waals surface area (Å²) in [5.74, 6) is 1.08. The number of halogens is 1. The largest absolute Gasteiger partial charge is 0.461 e. The first kappa shape index (κ1) is 25.4.